The summed E-state index contributed by atoms with van der Waals surface area (Å²) in [5.41, 5.74) is 1.05. The standard InChI is InChI=1S/C16H19NO/c1-12-6-7-15(8-12,11-17)16(18)9-13-4-2-3-5-14(13)10-16/h2-5,12,18H,6-10H2,1H3. The Labute approximate surface area is 108 Å². The molecule has 18 heavy (non-hydrogen) atoms. The van der Waals surface area contributed by atoms with Crippen LogP contribution in [0.15, 0.2) is 24.3 Å². The molecule has 1 N–H and O–H groups in total. The van der Waals surface area contributed by atoms with E-state index in [9.17, 15) is 10.4 Å². The minimum atomic E-state index is -0.851. The minimum Gasteiger partial charge on any atom is -0.388 e. The molecule has 2 nitrogen and oxygen atoms in total. The number of rotatable bonds is 1. The zero-order valence-electron chi connectivity index (χ0n) is 10.8. The zero-order valence-corrected chi connectivity index (χ0v) is 10.8. The van der Waals surface area contributed by atoms with Gasteiger partial charge in [-0.15, -0.1) is 0 Å². The quantitative estimate of drug-likeness (QED) is 0.821. The maximum absolute atomic E-state index is 11.1. The molecule has 94 valence electrons. The van der Waals surface area contributed by atoms with Crippen LogP contribution in [0.1, 0.15) is 37.3 Å². The highest BCUT2D eigenvalue weighted by Gasteiger charge is 2.56. The Morgan fingerprint density at radius 1 is 1.28 bits per heavy atom. The summed E-state index contributed by atoms with van der Waals surface area (Å²) >= 11 is 0. The van der Waals surface area contributed by atoms with Gasteiger partial charge in [0.15, 0.2) is 0 Å². The molecule has 0 aliphatic heterocycles. The molecule has 2 aliphatic carbocycles. The lowest BCUT2D eigenvalue weighted by Crippen LogP contribution is -2.47. The van der Waals surface area contributed by atoms with Crippen LogP contribution in [-0.4, -0.2) is 10.7 Å². The molecule has 1 aromatic rings. The molecule has 0 aromatic heterocycles. The van der Waals surface area contributed by atoms with E-state index in [-0.39, 0.29) is 0 Å². The number of benzene rings is 1. The summed E-state index contributed by atoms with van der Waals surface area (Å²) in [6, 6.07) is 10.7. The van der Waals surface area contributed by atoms with E-state index in [0.29, 0.717) is 18.8 Å². The van der Waals surface area contributed by atoms with Crippen LogP contribution < -0.4 is 0 Å². The Kier molecular flexibility index (Phi) is 2.50. The molecular weight excluding hydrogens is 222 g/mol. The number of nitriles is 1. The van der Waals surface area contributed by atoms with Crippen molar-refractivity contribution in [2.24, 2.45) is 11.3 Å². The van der Waals surface area contributed by atoms with Gasteiger partial charge in [-0.1, -0.05) is 31.2 Å². The minimum absolute atomic E-state index is 0.536. The van der Waals surface area contributed by atoms with Gasteiger partial charge in [-0.3, -0.25) is 0 Å². The number of hydrogen-bond acceptors (Lipinski definition) is 2. The van der Waals surface area contributed by atoms with E-state index in [1.165, 1.54) is 11.1 Å². The Morgan fingerprint density at radius 3 is 2.33 bits per heavy atom. The van der Waals surface area contributed by atoms with E-state index in [1.807, 2.05) is 12.1 Å². The highest BCUT2D eigenvalue weighted by Crippen LogP contribution is 2.53. The van der Waals surface area contributed by atoms with Crippen LogP contribution in [0.25, 0.3) is 0 Å². The van der Waals surface area contributed by atoms with Gasteiger partial charge in [0.05, 0.1) is 17.1 Å². The Bertz CT molecular complexity index is 491. The topological polar surface area (TPSA) is 44.0 Å². The molecule has 0 heterocycles. The smallest absolute Gasteiger partial charge is 0.0913 e. The maximum atomic E-state index is 11.1. The third-order valence-corrected chi connectivity index (χ3v) is 4.95. The number of hydrogen-bond donors (Lipinski definition) is 1. The third kappa shape index (κ3) is 1.51. The summed E-state index contributed by atoms with van der Waals surface area (Å²) < 4.78 is 0. The molecule has 0 spiro atoms. The van der Waals surface area contributed by atoms with Gasteiger partial charge in [0.25, 0.3) is 0 Å². The number of fused-ring (bicyclic) bond motifs is 1. The Balaban J connectivity index is 1.97. The van der Waals surface area contributed by atoms with Crippen molar-refractivity contribution >= 4 is 0 Å². The fourth-order valence-corrected chi connectivity index (χ4v) is 3.85. The predicted molar refractivity (Wildman–Crippen MR) is 69.9 cm³/mol. The predicted octanol–water partition coefficient (Wildman–Crippen LogP) is 2.85. The van der Waals surface area contributed by atoms with Crippen LogP contribution >= 0.6 is 0 Å². The van der Waals surface area contributed by atoms with Crippen molar-refractivity contribution in [3.63, 3.8) is 0 Å². The van der Waals surface area contributed by atoms with Gasteiger partial charge < -0.3 is 5.11 Å². The fourth-order valence-electron chi connectivity index (χ4n) is 3.85. The van der Waals surface area contributed by atoms with Gasteiger partial charge in [-0.2, -0.15) is 5.26 Å². The third-order valence-electron chi connectivity index (χ3n) is 4.95. The maximum Gasteiger partial charge on any atom is 0.0913 e. The van der Waals surface area contributed by atoms with Crippen LogP contribution in [0.2, 0.25) is 0 Å². The van der Waals surface area contributed by atoms with E-state index in [4.69, 9.17) is 0 Å². The van der Waals surface area contributed by atoms with E-state index in [0.717, 1.165) is 19.3 Å². The molecule has 0 saturated heterocycles. The van der Waals surface area contributed by atoms with Gasteiger partial charge in [0.1, 0.15) is 0 Å². The van der Waals surface area contributed by atoms with E-state index < -0.39 is 11.0 Å². The van der Waals surface area contributed by atoms with Crippen molar-refractivity contribution < 1.29 is 5.11 Å². The van der Waals surface area contributed by atoms with E-state index >= 15 is 0 Å². The molecule has 2 atom stereocenters. The van der Waals surface area contributed by atoms with Crippen molar-refractivity contribution in [1.82, 2.24) is 0 Å². The molecule has 1 fully saturated rings. The second-order valence-electron chi connectivity index (χ2n) is 6.20. The lowest BCUT2D eigenvalue weighted by atomic mass is 9.69. The first-order valence-corrected chi connectivity index (χ1v) is 6.79. The van der Waals surface area contributed by atoms with Crippen LogP contribution in [0.3, 0.4) is 0 Å². The lowest BCUT2D eigenvalue weighted by molar-refractivity contribution is -0.0453. The van der Waals surface area contributed by atoms with Gasteiger partial charge in [0, 0.05) is 12.8 Å². The summed E-state index contributed by atoms with van der Waals surface area (Å²) in [7, 11) is 0. The van der Waals surface area contributed by atoms with E-state index in [2.05, 4.69) is 25.1 Å². The molecule has 0 bridgehead atoms. The van der Waals surface area contributed by atoms with Crippen molar-refractivity contribution in [2.45, 2.75) is 44.6 Å². The first-order valence-electron chi connectivity index (χ1n) is 6.79. The largest absolute Gasteiger partial charge is 0.388 e. The normalized spacial score (nSPS) is 33.1. The molecule has 1 aromatic carbocycles. The first kappa shape index (κ1) is 11.7. The first-order chi connectivity index (χ1) is 8.59. The molecule has 0 radical (unpaired) electrons. The average molecular weight is 241 g/mol. The highest BCUT2D eigenvalue weighted by molar-refractivity contribution is 5.38. The zero-order chi connectivity index (χ0) is 12.8. The van der Waals surface area contributed by atoms with Crippen molar-refractivity contribution in [3.05, 3.63) is 35.4 Å². The average Bonchev–Trinajstić information content (AvgIpc) is 2.90. The van der Waals surface area contributed by atoms with Gasteiger partial charge in [-0.05, 0) is 36.3 Å². The summed E-state index contributed by atoms with van der Waals surface area (Å²) in [6.45, 7) is 2.19. The van der Waals surface area contributed by atoms with E-state index in [1.54, 1.807) is 0 Å². The van der Waals surface area contributed by atoms with Gasteiger partial charge in [0.2, 0.25) is 0 Å². The van der Waals surface area contributed by atoms with Crippen molar-refractivity contribution in [1.29, 1.82) is 5.26 Å². The number of nitrogens with zero attached hydrogens (tertiary/aromatic N) is 1. The van der Waals surface area contributed by atoms with Crippen LogP contribution in [-0.2, 0) is 12.8 Å². The van der Waals surface area contributed by atoms with Crippen LogP contribution in [0, 0.1) is 22.7 Å². The highest BCUT2D eigenvalue weighted by atomic mass is 16.3. The van der Waals surface area contributed by atoms with Gasteiger partial charge >= 0.3 is 0 Å². The Morgan fingerprint density at radius 2 is 1.89 bits per heavy atom. The van der Waals surface area contributed by atoms with Crippen molar-refractivity contribution in [3.8, 4) is 6.07 Å². The summed E-state index contributed by atoms with van der Waals surface area (Å²) in [5.74, 6) is 0.553. The number of aliphatic hydroxyl groups is 1. The second kappa shape index (κ2) is 3.83. The fraction of sp³-hybridized carbons (Fsp3) is 0.562. The Hall–Kier alpha value is -1.33. The molecule has 2 heteroatoms. The summed E-state index contributed by atoms with van der Waals surface area (Å²) in [4.78, 5) is 0. The molecule has 2 unspecified atom stereocenters. The molecule has 0 amide bonds. The molecule has 1 saturated carbocycles. The molecule has 2 aliphatic rings. The van der Waals surface area contributed by atoms with Crippen LogP contribution in [0.4, 0.5) is 0 Å². The van der Waals surface area contributed by atoms with Gasteiger partial charge in [-0.25, -0.2) is 0 Å². The van der Waals surface area contributed by atoms with Crippen LogP contribution in [0.5, 0.6) is 0 Å². The summed E-state index contributed by atoms with van der Waals surface area (Å²) in [5, 5.41) is 20.7. The summed E-state index contributed by atoms with van der Waals surface area (Å²) in [6.07, 6.45) is 4.03. The molecule has 3 rings (SSSR count). The monoisotopic (exact) mass is 241 g/mol. The SMILES string of the molecule is CC1CCC(C#N)(C2(O)Cc3ccccc3C2)C1. The molecular formula is C16H19NO. The van der Waals surface area contributed by atoms with Crippen molar-refractivity contribution in [2.75, 3.05) is 0 Å². The lowest BCUT2D eigenvalue weighted by Gasteiger charge is -2.37. The second-order valence-corrected chi connectivity index (χ2v) is 6.20.